The van der Waals surface area contributed by atoms with Gasteiger partial charge in [0.1, 0.15) is 5.78 Å². The Bertz CT molecular complexity index is 721. The number of ketones is 2. The van der Waals surface area contributed by atoms with E-state index in [1.54, 1.807) is 6.92 Å². The summed E-state index contributed by atoms with van der Waals surface area (Å²) in [6.07, 6.45) is 0.556. The molecule has 24 heavy (non-hydrogen) atoms. The number of rotatable bonds is 4. The zero-order valence-electron chi connectivity index (χ0n) is 13.7. The van der Waals surface area contributed by atoms with Gasteiger partial charge in [-0.1, -0.05) is 91.0 Å². The zero-order valence-corrected chi connectivity index (χ0v) is 13.7. The molecule has 0 aliphatic heterocycles. The summed E-state index contributed by atoms with van der Waals surface area (Å²) in [7, 11) is 0. The SMILES string of the molecule is CC(=O)Cc1ccccc1.O=C(c1ccccc1)c1ccccc1. The van der Waals surface area contributed by atoms with Gasteiger partial charge in [-0.15, -0.1) is 0 Å². The molecule has 0 bridgehead atoms. The van der Waals surface area contributed by atoms with Gasteiger partial charge in [0, 0.05) is 17.5 Å². The van der Waals surface area contributed by atoms with Gasteiger partial charge in [-0.2, -0.15) is 0 Å². The minimum Gasteiger partial charge on any atom is -0.300 e. The summed E-state index contributed by atoms with van der Waals surface area (Å²) in [5.74, 6) is 0.289. The molecule has 0 saturated heterocycles. The second-order valence-corrected chi connectivity index (χ2v) is 5.43. The Morgan fingerprint density at radius 1 is 0.625 bits per heavy atom. The highest BCUT2D eigenvalue weighted by atomic mass is 16.1. The highest BCUT2D eigenvalue weighted by Crippen LogP contribution is 2.08. The molecule has 0 fully saturated rings. The van der Waals surface area contributed by atoms with Crippen LogP contribution in [-0.2, 0) is 11.2 Å². The lowest BCUT2D eigenvalue weighted by Gasteiger charge is -1.99. The minimum absolute atomic E-state index is 0.0752. The van der Waals surface area contributed by atoms with Crippen molar-refractivity contribution in [1.29, 1.82) is 0 Å². The smallest absolute Gasteiger partial charge is 0.193 e. The van der Waals surface area contributed by atoms with E-state index in [0.717, 1.165) is 16.7 Å². The van der Waals surface area contributed by atoms with Crippen molar-refractivity contribution in [2.24, 2.45) is 0 Å². The van der Waals surface area contributed by atoms with Crippen LogP contribution in [0.3, 0.4) is 0 Å². The first-order valence-corrected chi connectivity index (χ1v) is 7.85. The molecule has 2 heteroatoms. The van der Waals surface area contributed by atoms with Crippen molar-refractivity contribution in [3.63, 3.8) is 0 Å². The molecule has 0 aliphatic carbocycles. The Morgan fingerprint density at radius 2 is 1.00 bits per heavy atom. The van der Waals surface area contributed by atoms with Gasteiger partial charge in [0.15, 0.2) is 5.78 Å². The van der Waals surface area contributed by atoms with E-state index >= 15 is 0 Å². The monoisotopic (exact) mass is 316 g/mol. The number of carbonyl (C=O) groups is 2. The van der Waals surface area contributed by atoms with Crippen molar-refractivity contribution in [2.75, 3.05) is 0 Å². The highest BCUT2D eigenvalue weighted by Gasteiger charge is 2.06. The van der Waals surface area contributed by atoms with Crippen molar-refractivity contribution < 1.29 is 9.59 Å². The van der Waals surface area contributed by atoms with E-state index in [2.05, 4.69) is 0 Å². The Labute approximate surface area is 142 Å². The van der Waals surface area contributed by atoms with E-state index < -0.39 is 0 Å². The molecule has 0 spiro atoms. The van der Waals surface area contributed by atoms with Gasteiger partial charge < -0.3 is 0 Å². The molecule has 0 unspecified atom stereocenters. The molecule has 0 heterocycles. The maximum atomic E-state index is 11.8. The Kier molecular flexibility index (Phi) is 6.66. The number of benzene rings is 3. The summed E-state index contributed by atoms with van der Waals surface area (Å²) in [6.45, 7) is 1.60. The van der Waals surface area contributed by atoms with Crippen molar-refractivity contribution in [3.8, 4) is 0 Å². The first-order chi connectivity index (χ1) is 11.7. The van der Waals surface area contributed by atoms with Gasteiger partial charge in [-0.3, -0.25) is 9.59 Å². The Hall–Kier alpha value is -3.00. The van der Waals surface area contributed by atoms with Crippen LogP contribution in [0.25, 0.3) is 0 Å². The van der Waals surface area contributed by atoms with E-state index in [1.807, 2.05) is 91.0 Å². The van der Waals surface area contributed by atoms with Crippen LogP contribution in [0.2, 0.25) is 0 Å². The molecule has 0 aromatic heterocycles. The van der Waals surface area contributed by atoms with E-state index in [0.29, 0.717) is 6.42 Å². The fourth-order valence-corrected chi connectivity index (χ4v) is 2.23. The fraction of sp³-hybridized carbons (Fsp3) is 0.0909. The second kappa shape index (κ2) is 9.21. The molecule has 0 radical (unpaired) electrons. The van der Waals surface area contributed by atoms with Crippen molar-refractivity contribution in [3.05, 3.63) is 108 Å². The molecule has 0 amide bonds. The minimum atomic E-state index is 0.0752. The summed E-state index contributed by atoms with van der Waals surface area (Å²) >= 11 is 0. The van der Waals surface area contributed by atoms with Crippen LogP contribution in [0, 0.1) is 0 Å². The molecule has 0 saturated carbocycles. The first-order valence-electron chi connectivity index (χ1n) is 7.85. The van der Waals surface area contributed by atoms with Crippen molar-refractivity contribution in [1.82, 2.24) is 0 Å². The van der Waals surface area contributed by atoms with E-state index in [-0.39, 0.29) is 11.6 Å². The molecular weight excluding hydrogens is 296 g/mol. The van der Waals surface area contributed by atoms with Crippen molar-refractivity contribution in [2.45, 2.75) is 13.3 Å². The van der Waals surface area contributed by atoms with Crippen LogP contribution >= 0.6 is 0 Å². The third-order valence-electron chi connectivity index (χ3n) is 3.37. The van der Waals surface area contributed by atoms with Crippen LogP contribution < -0.4 is 0 Å². The van der Waals surface area contributed by atoms with Gasteiger partial charge in [-0.25, -0.2) is 0 Å². The second-order valence-electron chi connectivity index (χ2n) is 5.43. The average molecular weight is 316 g/mol. The summed E-state index contributed by atoms with van der Waals surface area (Å²) in [5.41, 5.74) is 2.56. The molecule has 0 atom stereocenters. The molecule has 2 nitrogen and oxygen atoms in total. The summed E-state index contributed by atoms with van der Waals surface area (Å²) in [5, 5.41) is 0. The predicted octanol–water partition coefficient (Wildman–Crippen LogP) is 4.74. The lowest BCUT2D eigenvalue weighted by molar-refractivity contribution is -0.116. The lowest BCUT2D eigenvalue weighted by atomic mass is 10.0. The quantitative estimate of drug-likeness (QED) is 0.652. The first kappa shape index (κ1) is 17.4. The van der Waals surface area contributed by atoms with E-state index in [4.69, 9.17) is 0 Å². The predicted molar refractivity (Wildman–Crippen MR) is 97.1 cm³/mol. The van der Waals surface area contributed by atoms with Gasteiger partial charge in [-0.05, 0) is 12.5 Å². The normalized spacial score (nSPS) is 9.54. The number of hydrogen-bond acceptors (Lipinski definition) is 2. The summed E-state index contributed by atoms with van der Waals surface area (Å²) in [4.78, 5) is 22.5. The molecule has 3 rings (SSSR count). The van der Waals surface area contributed by atoms with Crippen molar-refractivity contribution >= 4 is 11.6 Å². The van der Waals surface area contributed by atoms with E-state index in [1.165, 1.54) is 0 Å². The third-order valence-corrected chi connectivity index (χ3v) is 3.37. The van der Waals surface area contributed by atoms with Gasteiger partial charge in [0.05, 0.1) is 0 Å². The lowest BCUT2D eigenvalue weighted by Crippen LogP contribution is -1.99. The number of carbonyl (C=O) groups excluding carboxylic acids is 2. The van der Waals surface area contributed by atoms with E-state index in [9.17, 15) is 9.59 Å². The van der Waals surface area contributed by atoms with Crippen LogP contribution in [-0.4, -0.2) is 11.6 Å². The highest BCUT2D eigenvalue weighted by molar-refractivity contribution is 6.08. The summed E-state index contributed by atoms with van der Waals surface area (Å²) in [6, 6.07) is 28.4. The maximum Gasteiger partial charge on any atom is 0.193 e. The summed E-state index contributed by atoms with van der Waals surface area (Å²) < 4.78 is 0. The molecule has 0 N–H and O–H groups in total. The molecule has 3 aromatic rings. The Morgan fingerprint density at radius 3 is 1.38 bits per heavy atom. The topological polar surface area (TPSA) is 34.1 Å². The zero-order chi connectivity index (χ0) is 17.2. The Balaban J connectivity index is 0.000000185. The molecule has 120 valence electrons. The van der Waals surface area contributed by atoms with Gasteiger partial charge in [0.25, 0.3) is 0 Å². The molecule has 0 aliphatic rings. The molecule has 3 aromatic carbocycles. The number of hydrogen-bond donors (Lipinski definition) is 0. The maximum absolute atomic E-state index is 11.8. The van der Waals surface area contributed by atoms with Crippen LogP contribution in [0.5, 0.6) is 0 Å². The molecular formula is C22H20O2. The number of Topliss-reactive ketones (excluding diaryl/α,β-unsaturated/α-hetero) is 1. The largest absolute Gasteiger partial charge is 0.300 e. The van der Waals surface area contributed by atoms with Gasteiger partial charge >= 0.3 is 0 Å². The standard InChI is InChI=1S/C13H10O.C9H10O/c14-13(11-7-3-1-4-8-11)12-9-5-2-6-10-12;1-8(10)7-9-5-3-2-4-6-9/h1-10H;2-6H,7H2,1H3. The van der Waals surface area contributed by atoms with Crippen LogP contribution in [0.15, 0.2) is 91.0 Å². The van der Waals surface area contributed by atoms with Gasteiger partial charge in [0.2, 0.25) is 0 Å². The van der Waals surface area contributed by atoms with Crippen LogP contribution in [0.1, 0.15) is 28.4 Å². The van der Waals surface area contributed by atoms with Crippen LogP contribution in [0.4, 0.5) is 0 Å². The third kappa shape index (κ3) is 5.65. The average Bonchev–Trinajstić information content (AvgIpc) is 2.63. The fourth-order valence-electron chi connectivity index (χ4n) is 2.23.